The van der Waals surface area contributed by atoms with E-state index in [1.807, 2.05) is 30.9 Å². The fourth-order valence-electron chi connectivity index (χ4n) is 2.78. The third-order valence-electron chi connectivity index (χ3n) is 3.80. The summed E-state index contributed by atoms with van der Waals surface area (Å²) in [4.78, 5) is 6.62. The van der Waals surface area contributed by atoms with Gasteiger partial charge < -0.3 is 9.67 Å². The molecule has 1 aromatic carbocycles. The molecule has 0 radical (unpaired) electrons. The molecule has 19 heavy (non-hydrogen) atoms. The van der Waals surface area contributed by atoms with E-state index in [1.165, 1.54) is 18.4 Å². The summed E-state index contributed by atoms with van der Waals surface area (Å²) in [5.74, 6) is 0.333. The Morgan fingerprint density at radius 3 is 2.84 bits per heavy atom. The molecule has 4 heteroatoms. The van der Waals surface area contributed by atoms with Crippen molar-refractivity contribution in [3.63, 3.8) is 0 Å². The first-order chi connectivity index (χ1) is 9.31. The first kappa shape index (κ1) is 12.2. The molecule has 2 aromatic rings. The number of aromatic nitrogens is 2. The summed E-state index contributed by atoms with van der Waals surface area (Å²) < 4.78 is 2.15. The molecule has 100 valence electrons. The first-order valence-electron chi connectivity index (χ1n) is 6.79. The second-order valence-corrected chi connectivity index (χ2v) is 5.19. The summed E-state index contributed by atoms with van der Waals surface area (Å²) in [5, 5.41) is 9.32. The van der Waals surface area contributed by atoms with Gasteiger partial charge in [-0.2, -0.15) is 0 Å². The lowest BCUT2D eigenvalue weighted by Crippen LogP contribution is -2.32. The fourth-order valence-corrected chi connectivity index (χ4v) is 2.78. The molecule has 3 rings (SSSR count). The second kappa shape index (κ2) is 5.45. The molecular weight excluding hydrogens is 238 g/mol. The fraction of sp³-hybridized carbons (Fsp3) is 0.400. The molecule has 0 bridgehead atoms. The molecule has 1 aliphatic heterocycles. The zero-order valence-corrected chi connectivity index (χ0v) is 10.9. The van der Waals surface area contributed by atoms with Crippen LogP contribution in [0.2, 0.25) is 0 Å². The molecule has 1 atom stereocenters. The van der Waals surface area contributed by atoms with Crippen molar-refractivity contribution in [2.75, 3.05) is 6.54 Å². The van der Waals surface area contributed by atoms with Crippen LogP contribution in [0.3, 0.4) is 0 Å². The third-order valence-corrected chi connectivity index (χ3v) is 3.80. The summed E-state index contributed by atoms with van der Waals surface area (Å²) >= 11 is 0. The summed E-state index contributed by atoms with van der Waals surface area (Å²) in [5.41, 5.74) is 1.26. The van der Waals surface area contributed by atoms with E-state index >= 15 is 0 Å². The molecule has 4 nitrogen and oxygen atoms in total. The lowest BCUT2D eigenvalue weighted by atomic mass is 10.1. The van der Waals surface area contributed by atoms with Gasteiger partial charge in [0.15, 0.2) is 0 Å². The highest BCUT2D eigenvalue weighted by Crippen LogP contribution is 2.22. The van der Waals surface area contributed by atoms with Crippen molar-refractivity contribution in [1.82, 2.24) is 14.5 Å². The Labute approximate surface area is 113 Å². The van der Waals surface area contributed by atoms with E-state index in [1.54, 1.807) is 12.1 Å². The number of phenols is 1. The van der Waals surface area contributed by atoms with E-state index in [2.05, 4.69) is 14.5 Å². The van der Waals surface area contributed by atoms with Crippen molar-refractivity contribution in [3.8, 4) is 5.75 Å². The van der Waals surface area contributed by atoms with Gasteiger partial charge in [-0.3, -0.25) is 4.90 Å². The molecule has 1 fully saturated rings. The monoisotopic (exact) mass is 257 g/mol. The molecule has 2 heterocycles. The average Bonchev–Trinajstić information content (AvgIpc) is 3.06. The number of nitrogens with zero attached hydrogens (tertiary/aromatic N) is 3. The standard InChI is InChI=1S/C15H19N3O/c19-15-5-3-13(4-6-15)10-18-8-1-2-14(18)11-17-9-7-16-12-17/h3-7,9,12,14,19H,1-2,8,10-11H2/t14-/m1/s1. The Balaban J connectivity index is 1.64. The number of benzene rings is 1. The van der Waals surface area contributed by atoms with Gasteiger partial charge in [0.25, 0.3) is 0 Å². The maximum Gasteiger partial charge on any atom is 0.115 e. The predicted octanol–water partition coefficient (Wildman–Crippen LogP) is 2.25. The number of imidazole rings is 1. The lowest BCUT2D eigenvalue weighted by molar-refractivity contribution is 0.224. The molecule has 1 aromatic heterocycles. The Bertz CT molecular complexity index is 507. The highest BCUT2D eigenvalue weighted by Gasteiger charge is 2.24. The highest BCUT2D eigenvalue weighted by molar-refractivity contribution is 5.25. The smallest absolute Gasteiger partial charge is 0.115 e. The number of aromatic hydroxyl groups is 1. The molecule has 0 unspecified atom stereocenters. The van der Waals surface area contributed by atoms with Crippen LogP contribution in [0.15, 0.2) is 43.0 Å². The molecule has 0 amide bonds. The zero-order chi connectivity index (χ0) is 13.1. The van der Waals surface area contributed by atoms with Gasteiger partial charge in [-0.1, -0.05) is 12.1 Å². The Morgan fingerprint density at radius 2 is 2.11 bits per heavy atom. The van der Waals surface area contributed by atoms with Crippen LogP contribution in [0.4, 0.5) is 0 Å². The third kappa shape index (κ3) is 2.96. The van der Waals surface area contributed by atoms with Crippen LogP contribution in [0.25, 0.3) is 0 Å². The van der Waals surface area contributed by atoms with Gasteiger partial charge >= 0.3 is 0 Å². The van der Waals surface area contributed by atoms with Gasteiger partial charge in [-0.05, 0) is 37.1 Å². The van der Waals surface area contributed by atoms with E-state index in [9.17, 15) is 5.11 Å². The largest absolute Gasteiger partial charge is 0.508 e. The van der Waals surface area contributed by atoms with Crippen LogP contribution in [0.5, 0.6) is 5.75 Å². The van der Waals surface area contributed by atoms with Gasteiger partial charge in [-0.25, -0.2) is 4.98 Å². The minimum absolute atomic E-state index is 0.333. The van der Waals surface area contributed by atoms with Crippen LogP contribution < -0.4 is 0 Å². The van der Waals surface area contributed by atoms with Crippen molar-refractivity contribution in [3.05, 3.63) is 48.5 Å². The maximum absolute atomic E-state index is 9.32. The molecule has 0 spiro atoms. The summed E-state index contributed by atoms with van der Waals surface area (Å²) in [7, 11) is 0. The van der Waals surface area contributed by atoms with E-state index in [0.29, 0.717) is 11.8 Å². The van der Waals surface area contributed by atoms with Crippen LogP contribution in [-0.4, -0.2) is 32.1 Å². The lowest BCUT2D eigenvalue weighted by Gasteiger charge is -2.24. The van der Waals surface area contributed by atoms with Gasteiger partial charge in [-0.15, -0.1) is 0 Å². The summed E-state index contributed by atoms with van der Waals surface area (Å²) in [6, 6.07) is 8.11. The number of hydrogen-bond acceptors (Lipinski definition) is 3. The molecule has 0 saturated carbocycles. The Kier molecular flexibility index (Phi) is 3.51. The van der Waals surface area contributed by atoms with E-state index in [-0.39, 0.29) is 0 Å². The maximum atomic E-state index is 9.32. The SMILES string of the molecule is Oc1ccc(CN2CCC[C@@H]2Cn2ccnc2)cc1. The van der Waals surface area contributed by atoms with Gasteiger partial charge in [0, 0.05) is 31.5 Å². The number of likely N-dealkylation sites (tertiary alicyclic amines) is 1. The Morgan fingerprint density at radius 1 is 1.26 bits per heavy atom. The minimum Gasteiger partial charge on any atom is -0.508 e. The molecule has 1 aliphatic rings. The molecule has 1 saturated heterocycles. The van der Waals surface area contributed by atoms with E-state index in [4.69, 9.17) is 0 Å². The molecule has 1 N–H and O–H groups in total. The summed E-state index contributed by atoms with van der Waals surface area (Å²) in [6.07, 6.45) is 8.25. The van der Waals surface area contributed by atoms with Gasteiger partial charge in [0.1, 0.15) is 5.75 Å². The topological polar surface area (TPSA) is 41.3 Å². The quantitative estimate of drug-likeness (QED) is 0.913. The predicted molar refractivity (Wildman–Crippen MR) is 73.8 cm³/mol. The number of rotatable bonds is 4. The zero-order valence-electron chi connectivity index (χ0n) is 10.9. The van der Waals surface area contributed by atoms with Crippen molar-refractivity contribution < 1.29 is 5.11 Å². The highest BCUT2D eigenvalue weighted by atomic mass is 16.3. The first-order valence-corrected chi connectivity index (χ1v) is 6.79. The summed E-state index contributed by atoms with van der Waals surface area (Å²) in [6.45, 7) is 3.12. The number of phenolic OH excluding ortho intramolecular Hbond substituents is 1. The molecular formula is C15H19N3O. The van der Waals surface area contributed by atoms with Crippen molar-refractivity contribution in [2.45, 2.75) is 32.0 Å². The van der Waals surface area contributed by atoms with Crippen LogP contribution in [-0.2, 0) is 13.1 Å². The van der Waals surface area contributed by atoms with E-state index in [0.717, 1.165) is 19.6 Å². The van der Waals surface area contributed by atoms with Crippen LogP contribution in [0, 0.1) is 0 Å². The van der Waals surface area contributed by atoms with E-state index < -0.39 is 0 Å². The van der Waals surface area contributed by atoms with Crippen LogP contribution in [0.1, 0.15) is 18.4 Å². The second-order valence-electron chi connectivity index (χ2n) is 5.19. The average molecular weight is 257 g/mol. The van der Waals surface area contributed by atoms with Crippen molar-refractivity contribution in [2.24, 2.45) is 0 Å². The van der Waals surface area contributed by atoms with Crippen molar-refractivity contribution >= 4 is 0 Å². The Hall–Kier alpha value is -1.81. The minimum atomic E-state index is 0.333. The van der Waals surface area contributed by atoms with Crippen molar-refractivity contribution in [1.29, 1.82) is 0 Å². The van der Waals surface area contributed by atoms with Gasteiger partial charge in [0.2, 0.25) is 0 Å². The van der Waals surface area contributed by atoms with Gasteiger partial charge in [0.05, 0.1) is 6.33 Å². The number of hydrogen-bond donors (Lipinski definition) is 1. The molecule has 0 aliphatic carbocycles. The normalized spacial score (nSPS) is 19.9. The van der Waals surface area contributed by atoms with Crippen LogP contribution >= 0.6 is 0 Å².